The molecule has 1 saturated heterocycles. The summed E-state index contributed by atoms with van der Waals surface area (Å²) in [5.74, 6) is -1.24. The molecule has 30 heavy (non-hydrogen) atoms. The Kier molecular flexibility index (Phi) is 5.14. The number of rotatable bonds is 4. The number of carbonyl (C=O) groups excluding carboxylic acids is 2. The van der Waals surface area contributed by atoms with Crippen LogP contribution in [-0.4, -0.2) is 33.4 Å². The molecule has 1 unspecified atom stereocenters. The number of amides is 2. The van der Waals surface area contributed by atoms with Crippen LogP contribution in [0, 0.1) is 18.7 Å². The Labute approximate surface area is 172 Å². The summed E-state index contributed by atoms with van der Waals surface area (Å²) in [5, 5.41) is 12.3. The summed E-state index contributed by atoms with van der Waals surface area (Å²) in [5.41, 5.74) is 1.97. The molecule has 1 aliphatic rings. The van der Waals surface area contributed by atoms with Gasteiger partial charge in [-0.2, -0.15) is 0 Å². The maximum Gasteiger partial charge on any atom is 0.229 e. The van der Waals surface area contributed by atoms with Crippen molar-refractivity contribution >= 4 is 23.2 Å². The minimum absolute atomic E-state index is 0.00137. The molecule has 7 nitrogen and oxygen atoms in total. The third-order valence-electron chi connectivity index (χ3n) is 4.91. The van der Waals surface area contributed by atoms with Gasteiger partial charge in [-0.15, -0.1) is 0 Å². The summed E-state index contributed by atoms with van der Waals surface area (Å²) in [6, 6.07) is 11.2. The molecule has 8 heteroatoms. The number of carbonyl (C=O) groups is 2. The number of nitrogens with zero attached hydrogens (tertiary/aromatic N) is 3. The third kappa shape index (κ3) is 3.98. The number of hydrogen-bond donors (Lipinski definition) is 2. The van der Waals surface area contributed by atoms with Gasteiger partial charge < -0.3 is 15.3 Å². The molecular weight excluding hydrogens is 387 g/mol. The molecule has 1 fully saturated rings. The zero-order valence-corrected chi connectivity index (χ0v) is 16.2. The maximum absolute atomic E-state index is 14.2. The van der Waals surface area contributed by atoms with E-state index < -0.39 is 11.7 Å². The van der Waals surface area contributed by atoms with Crippen molar-refractivity contribution in [1.82, 2.24) is 9.97 Å². The highest BCUT2D eigenvalue weighted by Crippen LogP contribution is 2.29. The lowest BCUT2D eigenvalue weighted by molar-refractivity contribution is -0.122. The fraction of sp³-hybridized carbons (Fsp3) is 0.182. The highest BCUT2D eigenvalue weighted by Gasteiger charge is 2.36. The lowest BCUT2D eigenvalue weighted by atomic mass is 10.1. The Bertz CT molecular complexity index is 1120. The van der Waals surface area contributed by atoms with Crippen LogP contribution in [0.15, 0.2) is 54.9 Å². The van der Waals surface area contributed by atoms with Gasteiger partial charge in [-0.05, 0) is 36.8 Å². The molecule has 152 valence electrons. The van der Waals surface area contributed by atoms with E-state index >= 15 is 0 Å². The van der Waals surface area contributed by atoms with Crippen LogP contribution in [0.3, 0.4) is 0 Å². The first-order valence-electron chi connectivity index (χ1n) is 9.39. The molecule has 2 N–H and O–H groups in total. The average molecular weight is 406 g/mol. The van der Waals surface area contributed by atoms with E-state index in [0.717, 1.165) is 5.56 Å². The van der Waals surface area contributed by atoms with E-state index in [1.54, 1.807) is 37.3 Å². The largest absolute Gasteiger partial charge is 0.508 e. The van der Waals surface area contributed by atoms with E-state index in [-0.39, 0.29) is 36.2 Å². The predicted octanol–water partition coefficient (Wildman–Crippen LogP) is 3.29. The first kappa shape index (κ1) is 19.5. The van der Waals surface area contributed by atoms with Crippen LogP contribution in [0.2, 0.25) is 0 Å². The number of aryl methyl sites for hydroxylation is 1. The van der Waals surface area contributed by atoms with E-state index in [1.807, 2.05) is 0 Å². The molecule has 0 saturated carbocycles. The molecule has 3 aromatic rings. The molecule has 1 aromatic heterocycles. The molecular formula is C22H19FN4O3. The van der Waals surface area contributed by atoms with Crippen LogP contribution in [0.5, 0.6) is 5.75 Å². The number of benzene rings is 2. The maximum atomic E-state index is 14.2. The Morgan fingerprint density at radius 2 is 1.97 bits per heavy atom. The molecule has 1 atom stereocenters. The van der Waals surface area contributed by atoms with Crippen LogP contribution < -0.4 is 10.2 Å². The van der Waals surface area contributed by atoms with Crippen LogP contribution in [0.25, 0.3) is 11.4 Å². The molecule has 0 radical (unpaired) electrons. The van der Waals surface area contributed by atoms with Gasteiger partial charge in [-0.1, -0.05) is 18.2 Å². The smallest absolute Gasteiger partial charge is 0.229 e. The van der Waals surface area contributed by atoms with Gasteiger partial charge in [0.05, 0.1) is 29.7 Å². The summed E-state index contributed by atoms with van der Waals surface area (Å²) >= 11 is 0. The van der Waals surface area contributed by atoms with E-state index in [9.17, 15) is 19.1 Å². The van der Waals surface area contributed by atoms with Crippen LogP contribution in [0.4, 0.5) is 15.8 Å². The van der Waals surface area contributed by atoms with Gasteiger partial charge >= 0.3 is 0 Å². The van der Waals surface area contributed by atoms with Crippen molar-refractivity contribution in [2.24, 2.45) is 5.92 Å². The van der Waals surface area contributed by atoms with Gasteiger partial charge in [0.1, 0.15) is 11.6 Å². The minimum atomic E-state index is -0.607. The van der Waals surface area contributed by atoms with Crippen molar-refractivity contribution in [2.45, 2.75) is 13.3 Å². The van der Waals surface area contributed by atoms with Crippen LogP contribution >= 0.6 is 0 Å². The molecule has 4 rings (SSSR count). The minimum Gasteiger partial charge on any atom is -0.508 e. The number of halogens is 1. The normalized spacial score (nSPS) is 16.0. The lowest BCUT2D eigenvalue weighted by Gasteiger charge is -2.17. The second-order valence-electron chi connectivity index (χ2n) is 7.20. The highest BCUT2D eigenvalue weighted by atomic mass is 19.1. The number of aromatic hydroxyl groups is 1. The number of phenolic OH excluding ortho intramolecular Hbond substituents is 1. The SMILES string of the molecule is Cc1ccc(N2CC(C(=O)Nc3cnc(-c4cccc(O)c4)nc3)CC2=O)c(F)c1. The number of hydrogen-bond acceptors (Lipinski definition) is 5. The fourth-order valence-electron chi connectivity index (χ4n) is 3.38. The Morgan fingerprint density at radius 3 is 2.67 bits per heavy atom. The second-order valence-corrected chi connectivity index (χ2v) is 7.20. The van der Waals surface area contributed by atoms with Crippen LogP contribution in [-0.2, 0) is 9.59 Å². The Balaban J connectivity index is 1.43. The van der Waals surface area contributed by atoms with Gasteiger partial charge in [0.15, 0.2) is 5.82 Å². The highest BCUT2D eigenvalue weighted by molar-refractivity contribution is 6.03. The second kappa shape index (κ2) is 7.90. The molecule has 2 heterocycles. The van der Waals surface area contributed by atoms with Gasteiger partial charge in [-0.3, -0.25) is 9.59 Å². The van der Waals surface area contributed by atoms with Crippen molar-refractivity contribution in [2.75, 3.05) is 16.8 Å². The van der Waals surface area contributed by atoms with Gasteiger partial charge in [0, 0.05) is 18.5 Å². The predicted molar refractivity (Wildman–Crippen MR) is 109 cm³/mol. The van der Waals surface area contributed by atoms with Crippen molar-refractivity contribution in [3.8, 4) is 17.1 Å². The Hall–Kier alpha value is -3.81. The zero-order valence-electron chi connectivity index (χ0n) is 16.2. The number of nitrogens with one attached hydrogen (secondary N) is 1. The summed E-state index contributed by atoms with van der Waals surface area (Å²) in [4.78, 5) is 34.7. The summed E-state index contributed by atoms with van der Waals surface area (Å²) in [7, 11) is 0. The van der Waals surface area contributed by atoms with Gasteiger partial charge in [0.25, 0.3) is 0 Å². The first-order valence-corrected chi connectivity index (χ1v) is 9.39. The van der Waals surface area contributed by atoms with E-state index in [4.69, 9.17) is 0 Å². The summed E-state index contributed by atoms with van der Waals surface area (Å²) < 4.78 is 14.2. The number of aromatic nitrogens is 2. The number of anilines is 2. The van der Waals surface area contributed by atoms with Gasteiger partial charge in [-0.25, -0.2) is 14.4 Å². The molecule has 2 aromatic carbocycles. The zero-order chi connectivity index (χ0) is 21.3. The van der Waals surface area contributed by atoms with E-state index in [1.165, 1.54) is 29.4 Å². The van der Waals surface area contributed by atoms with Crippen molar-refractivity contribution in [3.05, 3.63) is 66.2 Å². The van der Waals surface area contributed by atoms with Gasteiger partial charge in [0.2, 0.25) is 11.8 Å². The van der Waals surface area contributed by atoms with E-state index in [0.29, 0.717) is 17.1 Å². The molecule has 2 amide bonds. The van der Waals surface area contributed by atoms with Crippen molar-refractivity contribution in [1.29, 1.82) is 0 Å². The molecule has 0 aliphatic carbocycles. The summed E-state index contributed by atoms with van der Waals surface area (Å²) in [6.07, 6.45) is 2.91. The molecule has 0 bridgehead atoms. The van der Waals surface area contributed by atoms with Crippen LogP contribution in [0.1, 0.15) is 12.0 Å². The lowest BCUT2D eigenvalue weighted by Crippen LogP contribution is -2.28. The Morgan fingerprint density at radius 1 is 1.20 bits per heavy atom. The summed E-state index contributed by atoms with van der Waals surface area (Å²) in [6.45, 7) is 1.87. The average Bonchev–Trinajstić information content (AvgIpc) is 3.10. The molecule has 1 aliphatic heterocycles. The quantitative estimate of drug-likeness (QED) is 0.693. The van der Waals surface area contributed by atoms with Crippen molar-refractivity contribution in [3.63, 3.8) is 0 Å². The monoisotopic (exact) mass is 406 g/mol. The number of phenols is 1. The molecule has 0 spiro atoms. The standard InChI is InChI=1S/C22H19FN4O3/c1-13-5-6-19(18(23)7-13)27-12-15(9-20(27)29)22(30)26-16-10-24-21(25-11-16)14-3-2-4-17(28)8-14/h2-8,10-11,15,28H,9,12H2,1H3,(H,26,30). The van der Waals surface area contributed by atoms with E-state index in [2.05, 4.69) is 15.3 Å². The van der Waals surface area contributed by atoms with Crippen molar-refractivity contribution < 1.29 is 19.1 Å². The first-order chi connectivity index (χ1) is 14.4. The topological polar surface area (TPSA) is 95.4 Å². The third-order valence-corrected chi connectivity index (χ3v) is 4.91. The fourth-order valence-corrected chi connectivity index (χ4v) is 3.38.